The van der Waals surface area contributed by atoms with Crippen LogP contribution in [0.3, 0.4) is 0 Å². The number of amides is 1. The molecular weight excluding hydrogens is 802 g/mol. The number of rotatable bonds is 15. The van der Waals surface area contributed by atoms with Crippen molar-refractivity contribution in [2.45, 2.75) is 25.3 Å². The van der Waals surface area contributed by atoms with Gasteiger partial charge in [0.1, 0.15) is 5.75 Å². The van der Waals surface area contributed by atoms with Gasteiger partial charge >= 0.3 is 0 Å². The number of para-hydroxylation sites is 3. The summed E-state index contributed by atoms with van der Waals surface area (Å²) in [5.41, 5.74) is 2.42. The molecule has 0 spiro atoms. The Morgan fingerprint density at radius 2 is 1.59 bits per heavy atom. The first kappa shape index (κ1) is 41.6. The van der Waals surface area contributed by atoms with Crippen molar-refractivity contribution in [1.29, 1.82) is 0 Å². The van der Waals surface area contributed by atoms with Crippen LogP contribution in [-0.2, 0) is 31.4 Å². The maximum Gasteiger partial charge on any atom is 0.278 e. The van der Waals surface area contributed by atoms with Gasteiger partial charge in [-0.05, 0) is 92.2 Å². The summed E-state index contributed by atoms with van der Waals surface area (Å²) in [4.78, 5) is 40.2. The third-order valence-electron chi connectivity index (χ3n) is 8.94. The molecule has 0 unspecified atom stereocenters. The highest BCUT2D eigenvalue weighted by atomic mass is 35.5. The van der Waals surface area contributed by atoms with Crippen molar-refractivity contribution in [3.05, 3.63) is 142 Å². The van der Waals surface area contributed by atoms with Crippen LogP contribution in [0.5, 0.6) is 5.75 Å². The van der Waals surface area contributed by atoms with Crippen molar-refractivity contribution in [2.75, 3.05) is 41.4 Å². The standard InChI is InChI=1S/C41H40ClN7O7S2/c1-5-48(28-13-7-6-8-14-28)29-19-21-33(27(2)25-29)44-38(39-45-34-17-11-9-15-31(34)41(51)49(39)24-23-43-57(4,52)53)40(50)46-36-26-30(20-22-37(36)56-3)58(54,55)47-35-18-12-10-16-32(35)42/h6-22,25-26,43,47H,5,23-24H2,1-4H3,(H,46,50)/b44-38-. The third kappa shape index (κ3) is 9.54. The number of halogens is 1. The average Bonchev–Trinajstić information content (AvgIpc) is 3.19. The van der Waals surface area contributed by atoms with E-state index in [0.29, 0.717) is 17.8 Å². The number of nitrogens with zero attached hydrogens (tertiary/aromatic N) is 4. The molecule has 0 aliphatic rings. The second-order valence-corrected chi connectivity index (χ2v) is 16.9. The van der Waals surface area contributed by atoms with Crippen LogP contribution < -0.4 is 30.0 Å². The molecule has 14 nitrogen and oxygen atoms in total. The first-order valence-corrected chi connectivity index (χ1v) is 21.7. The fraction of sp³-hybridized carbons (Fsp3) is 0.171. The number of nitrogens with one attached hydrogen (secondary N) is 3. The highest BCUT2D eigenvalue weighted by Crippen LogP contribution is 2.32. The molecule has 1 amide bonds. The molecule has 1 heterocycles. The number of methoxy groups -OCH3 is 1. The van der Waals surface area contributed by atoms with Gasteiger partial charge in [-0.1, -0.05) is 54.1 Å². The molecule has 300 valence electrons. The summed E-state index contributed by atoms with van der Waals surface area (Å²) in [5.74, 6) is -0.920. The SMILES string of the molecule is CCN(c1ccccc1)c1ccc(/N=C(\C(=O)Nc2cc(S(=O)(=O)Nc3ccccc3Cl)ccc2OC)c2nc3ccccc3c(=O)n2CCNS(C)(=O)=O)c(C)c1. The molecular formula is C41H40ClN7O7S2. The van der Waals surface area contributed by atoms with Gasteiger partial charge in [-0.3, -0.25) is 18.9 Å². The van der Waals surface area contributed by atoms with E-state index < -0.39 is 31.5 Å². The molecule has 58 heavy (non-hydrogen) atoms. The van der Waals surface area contributed by atoms with Crippen LogP contribution in [0.25, 0.3) is 10.9 Å². The van der Waals surface area contributed by atoms with E-state index in [1.54, 1.807) is 42.5 Å². The van der Waals surface area contributed by atoms with Gasteiger partial charge < -0.3 is 15.0 Å². The summed E-state index contributed by atoms with van der Waals surface area (Å²) < 4.78 is 62.7. The molecule has 5 aromatic carbocycles. The summed E-state index contributed by atoms with van der Waals surface area (Å²) in [6.07, 6.45) is 0.991. The van der Waals surface area contributed by atoms with Crippen LogP contribution in [0, 0.1) is 6.92 Å². The van der Waals surface area contributed by atoms with Crippen molar-refractivity contribution >= 4 is 82.6 Å². The minimum atomic E-state index is -4.23. The Kier molecular flexibility index (Phi) is 12.6. The second kappa shape index (κ2) is 17.6. The lowest BCUT2D eigenvalue weighted by Gasteiger charge is -2.24. The number of ether oxygens (including phenoxy) is 1. The third-order valence-corrected chi connectivity index (χ3v) is 11.4. The molecule has 0 aliphatic carbocycles. The number of benzene rings is 5. The molecule has 0 aliphatic heterocycles. The summed E-state index contributed by atoms with van der Waals surface area (Å²) >= 11 is 6.23. The van der Waals surface area contributed by atoms with Crippen LogP contribution in [0.2, 0.25) is 5.02 Å². The number of hydrogen-bond donors (Lipinski definition) is 3. The number of carbonyl (C=O) groups excluding carboxylic acids is 1. The van der Waals surface area contributed by atoms with Gasteiger partial charge in [-0.25, -0.2) is 31.5 Å². The number of carbonyl (C=O) groups is 1. The summed E-state index contributed by atoms with van der Waals surface area (Å²) in [7, 11) is -6.52. The number of aryl methyl sites for hydroxylation is 1. The van der Waals surface area contributed by atoms with Crippen LogP contribution in [0.1, 0.15) is 18.3 Å². The molecule has 0 atom stereocenters. The van der Waals surface area contributed by atoms with Gasteiger partial charge in [0, 0.05) is 31.0 Å². The van der Waals surface area contributed by atoms with Crippen molar-refractivity contribution in [3.63, 3.8) is 0 Å². The van der Waals surface area contributed by atoms with Crippen molar-refractivity contribution < 1.29 is 26.4 Å². The van der Waals surface area contributed by atoms with Gasteiger partial charge in [-0.15, -0.1) is 0 Å². The number of anilines is 4. The lowest BCUT2D eigenvalue weighted by molar-refractivity contribution is -0.110. The van der Waals surface area contributed by atoms with Gasteiger partial charge in [0.2, 0.25) is 10.0 Å². The lowest BCUT2D eigenvalue weighted by atomic mass is 10.1. The predicted octanol–water partition coefficient (Wildman–Crippen LogP) is 6.63. The fourth-order valence-corrected chi connectivity index (χ4v) is 7.96. The molecule has 3 N–H and O–H groups in total. The molecule has 6 aromatic rings. The Morgan fingerprint density at radius 1 is 0.879 bits per heavy atom. The van der Waals surface area contributed by atoms with Crippen LogP contribution in [-0.4, -0.2) is 64.5 Å². The number of hydrogen-bond acceptors (Lipinski definition) is 10. The van der Waals surface area contributed by atoms with Gasteiger partial charge in [0.15, 0.2) is 11.5 Å². The van der Waals surface area contributed by atoms with E-state index in [9.17, 15) is 26.4 Å². The highest BCUT2D eigenvalue weighted by Gasteiger charge is 2.26. The minimum Gasteiger partial charge on any atom is -0.495 e. The Morgan fingerprint density at radius 3 is 2.28 bits per heavy atom. The molecule has 0 saturated carbocycles. The second-order valence-electron chi connectivity index (χ2n) is 13.0. The van der Waals surface area contributed by atoms with Crippen LogP contribution >= 0.6 is 11.6 Å². The van der Waals surface area contributed by atoms with Crippen LogP contribution in [0.4, 0.5) is 28.4 Å². The monoisotopic (exact) mass is 841 g/mol. The number of aliphatic imine (C=N–C) groups is 1. The molecule has 0 radical (unpaired) electrons. The molecule has 0 bridgehead atoms. The van der Waals surface area contributed by atoms with E-state index in [1.807, 2.05) is 56.3 Å². The molecule has 17 heteroatoms. The largest absolute Gasteiger partial charge is 0.495 e. The highest BCUT2D eigenvalue weighted by molar-refractivity contribution is 7.92. The lowest BCUT2D eigenvalue weighted by Crippen LogP contribution is -2.37. The maximum absolute atomic E-state index is 14.7. The van der Waals surface area contributed by atoms with E-state index in [1.165, 1.54) is 42.0 Å². The Bertz CT molecular complexity index is 2820. The van der Waals surface area contributed by atoms with E-state index in [4.69, 9.17) is 26.3 Å². The average molecular weight is 842 g/mol. The Labute approximate surface area is 341 Å². The van der Waals surface area contributed by atoms with E-state index in [2.05, 4.69) is 19.7 Å². The predicted molar refractivity (Wildman–Crippen MR) is 229 cm³/mol. The van der Waals surface area contributed by atoms with Gasteiger partial charge in [-0.2, -0.15) is 0 Å². The van der Waals surface area contributed by atoms with Gasteiger partial charge in [0.25, 0.3) is 21.5 Å². The number of aromatic nitrogens is 2. The normalized spacial score (nSPS) is 12.0. The van der Waals surface area contributed by atoms with E-state index in [0.717, 1.165) is 17.6 Å². The zero-order chi connectivity index (χ0) is 41.6. The Balaban J connectivity index is 1.49. The smallest absolute Gasteiger partial charge is 0.278 e. The zero-order valence-corrected chi connectivity index (χ0v) is 34.3. The zero-order valence-electron chi connectivity index (χ0n) is 31.9. The maximum atomic E-state index is 14.7. The summed E-state index contributed by atoms with van der Waals surface area (Å²) in [6, 6.07) is 32.1. The number of sulfonamides is 2. The molecule has 1 aromatic heterocycles. The first-order chi connectivity index (χ1) is 27.7. The van der Waals surface area contributed by atoms with Crippen molar-refractivity contribution in [2.24, 2.45) is 4.99 Å². The molecule has 6 rings (SSSR count). The fourth-order valence-electron chi connectivity index (χ4n) is 6.16. The number of fused-ring (bicyclic) bond motifs is 1. The van der Waals surface area contributed by atoms with E-state index >= 15 is 0 Å². The molecule has 0 fully saturated rings. The van der Waals surface area contributed by atoms with E-state index in [-0.39, 0.29) is 62.6 Å². The first-order valence-electron chi connectivity index (χ1n) is 17.9. The quantitative estimate of drug-likeness (QED) is 0.0956. The summed E-state index contributed by atoms with van der Waals surface area (Å²) in [6.45, 7) is 4.11. The summed E-state index contributed by atoms with van der Waals surface area (Å²) in [5, 5.41) is 3.15. The minimum absolute atomic E-state index is 0.0378. The topological polar surface area (TPSA) is 181 Å². The van der Waals surface area contributed by atoms with Crippen molar-refractivity contribution in [3.8, 4) is 5.75 Å². The molecule has 0 saturated heterocycles. The Hall–Kier alpha value is -6.07. The van der Waals surface area contributed by atoms with Gasteiger partial charge in [0.05, 0.1) is 51.2 Å². The van der Waals surface area contributed by atoms with Crippen LogP contribution in [0.15, 0.2) is 130 Å². The van der Waals surface area contributed by atoms with Crippen molar-refractivity contribution in [1.82, 2.24) is 14.3 Å².